The van der Waals surface area contributed by atoms with E-state index in [9.17, 15) is 28.8 Å². The van der Waals surface area contributed by atoms with Crippen molar-refractivity contribution in [2.75, 3.05) is 111 Å². The Morgan fingerprint density at radius 1 is 0.283 bits per heavy atom. The van der Waals surface area contributed by atoms with E-state index in [4.69, 9.17) is 18.9 Å². The highest BCUT2D eigenvalue weighted by molar-refractivity contribution is 8.13. The maximum absolute atomic E-state index is 13.0. The maximum atomic E-state index is 13.0. The minimum absolute atomic E-state index is 0.0116. The summed E-state index contributed by atoms with van der Waals surface area (Å²) in [5.74, 6) is 1.07. The van der Waals surface area contributed by atoms with Gasteiger partial charge in [0.1, 0.15) is 26.4 Å². The van der Waals surface area contributed by atoms with Gasteiger partial charge in [0.15, 0.2) is 0 Å². The third-order valence-electron chi connectivity index (χ3n) is 17.4. The summed E-state index contributed by atoms with van der Waals surface area (Å²) in [5.41, 5.74) is 0. The zero-order valence-corrected chi connectivity index (χ0v) is 67.1. The molecule has 0 radical (unpaired) electrons. The van der Waals surface area contributed by atoms with Crippen molar-refractivity contribution in [3.8, 4) is 0 Å². The molecule has 0 N–H and O–H groups in total. The molecule has 0 saturated heterocycles. The first-order valence-corrected chi connectivity index (χ1v) is 42.7. The number of nitrogens with zero attached hydrogens (tertiary/aromatic N) is 4. The topological polar surface area (TPSA) is 152 Å². The highest BCUT2D eigenvalue weighted by Crippen LogP contribution is 2.17. The molecule has 0 unspecified atom stereocenters. The van der Waals surface area contributed by atoms with E-state index < -0.39 is 0 Å². The molecule has 0 aromatic heterocycles. The van der Waals surface area contributed by atoms with Crippen molar-refractivity contribution in [1.29, 1.82) is 0 Å². The minimum atomic E-state index is -0.241. The summed E-state index contributed by atoms with van der Waals surface area (Å²) in [7, 11) is 8.01. The molecular weight excluding hydrogens is 1280 g/mol. The number of amides is 2. The molecule has 2 amide bonds. The molecule has 0 aliphatic carbocycles. The fraction of sp³-hybridized carbons (Fsp3) is 0.831. The van der Waals surface area contributed by atoms with E-state index in [2.05, 4.69) is 56.9 Å². The SMILES string of the molecule is CCCCCCCCCCC/C=C\COC(=O)CCCN(CCCC(=O)OC/C=C\CCCCCCCCCCC)C(=O)CSCCN(C)C.CCCCCCCCCCC/C=C\COC(=O)CCCN(CCCC(=O)OC/C=C\CCCCCCCCCCC)C(=O)SCCN(C)C. The van der Waals surface area contributed by atoms with Crippen LogP contribution in [0.15, 0.2) is 48.6 Å². The summed E-state index contributed by atoms with van der Waals surface area (Å²) in [6, 6.07) is 0. The first-order chi connectivity index (χ1) is 48.3. The zero-order valence-electron chi connectivity index (χ0n) is 65.4. The molecule has 14 nitrogen and oxygen atoms in total. The molecule has 0 aliphatic rings. The van der Waals surface area contributed by atoms with Gasteiger partial charge in [0.25, 0.3) is 5.24 Å². The molecule has 0 aromatic carbocycles. The Bertz CT molecular complexity index is 1840. The largest absolute Gasteiger partial charge is 0.461 e. The van der Waals surface area contributed by atoms with E-state index in [0.717, 1.165) is 44.5 Å². The van der Waals surface area contributed by atoms with Crippen molar-refractivity contribution in [2.24, 2.45) is 0 Å². The number of rotatable bonds is 72. The molecule has 0 spiro atoms. The monoisotopic (exact) mass is 1430 g/mol. The average Bonchev–Trinajstić information content (AvgIpc) is 3.68. The second kappa shape index (κ2) is 80.1. The first-order valence-electron chi connectivity index (χ1n) is 40.6. The van der Waals surface area contributed by atoms with Crippen molar-refractivity contribution in [3.05, 3.63) is 48.6 Å². The first kappa shape index (κ1) is 97.5. The van der Waals surface area contributed by atoms with Crippen LogP contribution < -0.4 is 0 Å². The van der Waals surface area contributed by atoms with Crippen LogP contribution in [0.1, 0.15) is 336 Å². The van der Waals surface area contributed by atoms with E-state index in [-0.39, 0.29) is 60.7 Å². The summed E-state index contributed by atoms with van der Waals surface area (Å²) in [5, 5.41) is -0.0116. The van der Waals surface area contributed by atoms with Crippen molar-refractivity contribution < 1.29 is 47.7 Å². The molecule has 578 valence electrons. The lowest BCUT2D eigenvalue weighted by atomic mass is 10.1. The Hall–Kier alpha value is -3.60. The molecule has 0 saturated carbocycles. The quantitative estimate of drug-likeness (QED) is 0.0246. The van der Waals surface area contributed by atoms with Crippen molar-refractivity contribution in [3.63, 3.8) is 0 Å². The lowest BCUT2D eigenvalue weighted by Crippen LogP contribution is -2.35. The van der Waals surface area contributed by atoms with E-state index >= 15 is 0 Å². The Morgan fingerprint density at radius 2 is 0.525 bits per heavy atom. The van der Waals surface area contributed by atoms with Gasteiger partial charge in [0.05, 0.1) is 5.75 Å². The maximum Gasteiger partial charge on any atom is 0.306 e. The van der Waals surface area contributed by atoms with E-state index in [1.807, 2.05) is 57.4 Å². The van der Waals surface area contributed by atoms with Crippen LogP contribution in [0.2, 0.25) is 0 Å². The van der Waals surface area contributed by atoms with E-state index in [1.54, 1.807) is 21.6 Å². The van der Waals surface area contributed by atoms with Gasteiger partial charge >= 0.3 is 23.9 Å². The van der Waals surface area contributed by atoms with Crippen LogP contribution in [0, 0.1) is 0 Å². The van der Waals surface area contributed by atoms with Crippen LogP contribution >= 0.6 is 23.5 Å². The molecule has 0 aliphatic heterocycles. The number of carbonyl (C=O) groups is 6. The van der Waals surface area contributed by atoms with Gasteiger partial charge in [0, 0.05) is 76.5 Å². The number of thioether (sulfide) groups is 2. The van der Waals surface area contributed by atoms with Crippen LogP contribution in [0.25, 0.3) is 0 Å². The second-order valence-corrected chi connectivity index (χ2v) is 29.8. The van der Waals surface area contributed by atoms with Crippen molar-refractivity contribution in [1.82, 2.24) is 19.6 Å². The van der Waals surface area contributed by atoms with Gasteiger partial charge in [0.2, 0.25) is 5.91 Å². The predicted octanol–water partition coefficient (Wildman–Crippen LogP) is 22.0. The number of hydrogen-bond acceptors (Lipinski definition) is 14. The van der Waals surface area contributed by atoms with Crippen LogP contribution in [0.4, 0.5) is 4.79 Å². The minimum Gasteiger partial charge on any atom is -0.461 e. The second-order valence-electron chi connectivity index (χ2n) is 27.6. The standard InChI is InChI=1S/C42H78N2O5S.C41H76N2O5S/c1-5-7-9-11-13-15-17-19-21-23-25-27-36-48-41(46)31-29-33-44(40(45)39-50-38-35-43(3)4)34-30-32-42(47)49-37-28-26-24-22-20-18-16-14-12-10-8-6-2;1-5-7-9-11-13-15-17-19-21-23-25-27-36-47-39(44)31-29-33-43(41(46)49-38-35-42(3)4)34-30-32-40(45)48-37-28-26-24-22-20-18-16-14-12-10-8-6-2/h25-28H,5-24,29-39H2,1-4H3;25-28H,5-24,29-38H2,1-4H3/b2*27-25-,28-26-. The van der Waals surface area contributed by atoms with Gasteiger partial charge in [-0.1, -0.05) is 294 Å². The number of esters is 4. The molecule has 0 rings (SSSR count). The van der Waals surface area contributed by atoms with Gasteiger partial charge in [-0.05, 0) is 105 Å². The molecular formula is C83H154N4O10S2. The van der Waals surface area contributed by atoms with Gasteiger partial charge in [-0.3, -0.25) is 28.8 Å². The smallest absolute Gasteiger partial charge is 0.306 e. The fourth-order valence-corrected chi connectivity index (χ4v) is 13.1. The summed E-state index contributed by atoms with van der Waals surface area (Å²) in [6.07, 6.45) is 71.1. The van der Waals surface area contributed by atoms with E-state index in [0.29, 0.717) is 89.8 Å². The number of ether oxygens (including phenoxy) is 4. The highest BCUT2D eigenvalue weighted by atomic mass is 32.2. The molecule has 0 fully saturated rings. The third-order valence-corrected chi connectivity index (χ3v) is 19.3. The summed E-state index contributed by atoms with van der Waals surface area (Å²) < 4.78 is 21.5. The lowest BCUT2D eigenvalue weighted by molar-refractivity contribution is -0.143. The Kier molecular flexibility index (Phi) is 78.8. The third kappa shape index (κ3) is 78.4. The number of hydrogen-bond donors (Lipinski definition) is 0. The van der Waals surface area contributed by atoms with Gasteiger partial charge in [-0.25, -0.2) is 0 Å². The number of unbranched alkanes of at least 4 members (excludes halogenated alkanes) is 36. The average molecular weight is 1430 g/mol. The lowest BCUT2D eigenvalue weighted by Gasteiger charge is -2.22. The summed E-state index contributed by atoms with van der Waals surface area (Å²) in [6.45, 7) is 13.8. The Labute approximate surface area is 618 Å². The molecule has 0 heterocycles. The van der Waals surface area contributed by atoms with Crippen LogP contribution in [0.3, 0.4) is 0 Å². The molecule has 0 atom stereocenters. The number of carbonyl (C=O) groups excluding carboxylic acids is 6. The molecule has 0 bridgehead atoms. The van der Waals surface area contributed by atoms with Crippen molar-refractivity contribution >= 4 is 58.5 Å². The molecule has 16 heteroatoms. The van der Waals surface area contributed by atoms with Crippen molar-refractivity contribution in [2.45, 2.75) is 336 Å². The van der Waals surface area contributed by atoms with Gasteiger partial charge in [-0.2, -0.15) is 11.8 Å². The highest BCUT2D eigenvalue weighted by Gasteiger charge is 2.18. The van der Waals surface area contributed by atoms with Gasteiger partial charge < -0.3 is 38.5 Å². The van der Waals surface area contributed by atoms with E-state index in [1.165, 1.54) is 243 Å². The summed E-state index contributed by atoms with van der Waals surface area (Å²) >= 11 is 2.91. The van der Waals surface area contributed by atoms with Crippen LogP contribution in [-0.4, -0.2) is 166 Å². The fourth-order valence-electron chi connectivity index (χ4n) is 11.1. The van der Waals surface area contributed by atoms with Gasteiger partial charge in [-0.15, -0.1) is 0 Å². The molecule has 0 aromatic rings. The predicted molar refractivity (Wildman–Crippen MR) is 425 cm³/mol. The summed E-state index contributed by atoms with van der Waals surface area (Å²) in [4.78, 5) is 82.8. The van der Waals surface area contributed by atoms with Crippen LogP contribution in [-0.2, 0) is 42.9 Å². The number of allylic oxidation sites excluding steroid dienone is 4. The normalized spacial score (nSPS) is 11.6. The Morgan fingerprint density at radius 3 is 0.788 bits per heavy atom. The zero-order chi connectivity index (χ0) is 72.8. The van der Waals surface area contributed by atoms with Crippen LogP contribution in [0.5, 0.6) is 0 Å². The Balaban J connectivity index is 0. The molecule has 99 heavy (non-hydrogen) atoms.